The van der Waals surface area contributed by atoms with Crippen LogP contribution in [0.1, 0.15) is 11.3 Å². The molecule has 3 aromatic rings. The number of aromatic nitrogens is 1. The molecule has 0 bridgehead atoms. The minimum atomic E-state index is 0.523. The summed E-state index contributed by atoms with van der Waals surface area (Å²) in [5.41, 5.74) is 9.15. The molecule has 0 aliphatic heterocycles. The molecule has 1 aromatic heterocycles. The van der Waals surface area contributed by atoms with Crippen LogP contribution in [-0.4, -0.2) is 11.7 Å². The first-order chi connectivity index (χ1) is 10.7. The van der Waals surface area contributed by atoms with Crippen molar-refractivity contribution in [3.63, 3.8) is 0 Å². The molecule has 0 saturated carbocycles. The smallest absolute Gasteiger partial charge is 0.128 e. The Bertz CT molecular complexity index is 776. The van der Waals surface area contributed by atoms with Crippen molar-refractivity contribution in [2.75, 3.05) is 7.11 Å². The van der Waals surface area contributed by atoms with Crippen molar-refractivity contribution < 1.29 is 9.47 Å². The highest BCUT2D eigenvalue weighted by atomic mass is 16.5. The van der Waals surface area contributed by atoms with Gasteiger partial charge in [0.15, 0.2) is 0 Å². The number of aryl methyl sites for hydroxylation is 1. The predicted molar refractivity (Wildman–Crippen MR) is 88.1 cm³/mol. The van der Waals surface area contributed by atoms with E-state index in [-0.39, 0.29) is 0 Å². The minimum Gasteiger partial charge on any atom is -0.497 e. The SMILES string of the molecule is COc1ccc(OCc2cc3cc(CN)ccc3n2C)cc1. The standard InChI is InChI=1S/C18H20N2O2/c1-20-15(10-14-9-13(11-19)3-8-18(14)20)12-22-17-6-4-16(21-2)5-7-17/h3-10H,11-12,19H2,1-2H3. The van der Waals surface area contributed by atoms with Gasteiger partial charge in [0.25, 0.3) is 0 Å². The Morgan fingerprint density at radius 2 is 1.73 bits per heavy atom. The maximum absolute atomic E-state index is 5.86. The van der Waals surface area contributed by atoms with Crippen LogP contribution in [0.5, 0.6) is 11.5 Å². The summed E-state index contributed by atoms with van der Waals surface area (Å²) in [6.07, 6.45) is 0. The molecule has 0 radical (unpaired) electrons. The lowest BCUT2D eigenvalue weighted by atomic mass is 10.1. The fourth-order valence-corrected chi connectivity index (χ4v) is 2.55. The quantitative estimate of drug-likeness (QED) is 0.786. The van der Waals surface area contributed by atoms with Crippen LogP contribution in [0.4, 0.5) is 0 Å². The van der Waals surface area contributed by atoms with E-state index >= 15 is 0 Å². The summed E-state index contributed by atoms with van der Waals surface area (Å²) >= 11 is 0. The molecule has 4 nitrogen and oxygen atoms in total. The molecule has 0 amide bonds. The predicted octanol–water partition coefficient (Wildman–Crippen LogP) is 3.22. The molecule has 0 saturated heterocycles. The number of fused-ring (bicyclic) bond motifs is 1. The number of rotatable bonds is 5. The van der Waals surface area contributed by atoms with Gasteiger partial charge >= 0.3 is 0 Å². The zero-order chi connectivity index (χ0) is 15.5. The third-order valence-corrected chi connectivity index (χ3v) is 3.89. The molecular weight excluding hydrogens is 276 g/mol. The van der Waals surface area contributed by atoms with Gasteiger partial charge in [0, 0.05) is 24.5 Å². The average molecular weight is 296 g/mol. The Hall–Kier alpha value is -2.46. The van der Waals surface area contributed by atoms with Crippen LogP contribution in [-0.2, 0) is 20.2 Å². The average Bonchev–Trinajstić information content (AvgIpc) is 2.89. The van der Waals surface area contributed by atoms with Gasteiger partial charge < -0.3 is 19.8 Å². The zero-order valence-electron chi connectivity index (χ0n) is 12.9. The maximum Gasteiger partial charge on any atom is 0.128 e. The number of hydrogen-bond acceptors (Lipinski definition) is 3. The third kappa shape index (κ3) is 2.78. The first kappa shape index (κ1) is 14.5. The summed E-state index contributed by atoms with van der Waals surface area (Å²) in [5, 5.41) is 1.19. The van der Waals surface area contributed by atoms with Gasteiger partial charge in [0.05, 0.1) is 12.8 Å². The molecule has 0 fully saturated rings. The Morgan fingerprint density at radius 3 is 2.41 bits per heavy atom. The second-order valence-corrected chi connectivity index (χ2v) is 5.26. The molecule has 2 N–H and O–H groups in total. The Labute approximate surface area is 130 Å². The summed E-state index contributed by atoms with van der Waals surface area (Å²) < 4.78 is 13.2. The van der Waals surface area contributed by atoms with Crippen LogP contribution in [0.15, 0.2) is 48.5 Å². The van der Waals surface area contributed by atoms with Gasteiger partial charge in [0.2, 0.25) is 0 Å². The molecule has 4 heteroatoms. The van der Waals surface area contributed by atoms with Crippen molar-refractivity contribution in [3.8, 4) is 11.5 Å². The Morgan fingerprint density at radius 1 is 1.00 bits per heavy atom. The molecule has 2 aromatic carbocycles. The van der Waals surface area contributed by atoms with Gasteiger partial charge in [-0.05, 0) is 48.0 Å². The molecule has 0 aliphatic rings. The van der Waals surface area contributed by atoms with Crippen LogP contribution in [0.25, 0.3) is 10.9 Å². The van der Waals surface area contributed by atoms with E-state index in [4.69, 9.17) is 15.2 Å². The van der Waals surface area contributed by atoms with Crippen molar-refractivity contribution in [3.05, 3.63) is 59.8 Å². The minimum absolute atomic E-state index is 0.523. The highest BCUT2D eigenvalue weighted by molar-refractivity contribution is 5.82. The van der Waals surface area contributed by atoms with Gasteiger partial charge in [0.1, 0.15) is 18.1 Å². The molecule has 22 heavy (non-hydrogen) atoms. The number of hydrogen-bond donors (Lipinski definition) is 1. The normalized spacial score (nSPS) is 10.9. The van der Waals surface area contributed by atoms with Crippen molar-refractivity contribution in [1.82, 2.24) is 4.57 Å². The molecule has 3 rings (SSSR count). The first-order valence-electron chi connectivity index (χ1n) is 7.25. The number of nitrogens with two attached hydrogens (primary N) is 1. The fourth-order valence-electron chi connectivity index (χ4n) is 2.55. The van der Waals surface area contributed by atoms with E-state index in [9.17, 15) is 0 Å². The Kier molecular flexibility index (Phi) is 4.02. The number of methoxy groups -OCH3 is 1. The number of benzene rings is 2. The summed E-state index contributed by atoms with van der Waals surface area (Å²) in [6, 6.07) is 16.1. The van der Waals surface area contributed by atoms with E-state index in [1.165, 1.54) is 10.9 Å². The largest absolute Gasteiger partial charge is 0.497 e. The summed E-state index contributed by atoms with van der Waals surface area (Å²) in [5.74, 6) is 1.65. The molecule has 0 atom stereocenters. The summed E-state index contributed by atoms with van der Waals surface area (Å²) in [4.78, 5) is 0. The lowest BCUT2D eigenvalue weighted by Gasteiger charge is -2.08. The van der Waals surface area contributed by atoms with Crippen LogP contribution >= 0.6 is 0 Å². The second-order valence-electron chi connectivity index (χ2n) is 5.26. The summed E-state index contributed by atoms with van der Waals surface area (Å²) in [6.45, 7) is 1.08. The molecule has 0 unspecified atom stereocenters. The first-order valence-corrected chi connectivity index (χ1v) is 7.25. The maximum atomic E-state index is 5.86. The van der Waals surface area contributed by atoms with Crippen LogP contribution in [0.3, 0.4) is 0 Å². The number of nitrogens with zero attached hydrogens (tertiary/aromatic N) is 1. The molecular formula is C18H20N2O2. The van der Waals surface area contributed by atoms with Gasteiger partial charge in [-0.1, -0.05) is 6.07 Å². The van der Waals surface area contributed by atoms with Gasteiger partial charge in [-0.2, -0.15) is 0 Å². The van der Waals surface area contributed by atoms with Crippen LogP contribution < -0.4 is 15.2 Å². The topological polar surface area (TPSA) is 49.4 Å². The Balaban J connectivity index is 1.79. The molecule has 0 spiro atoms. The number of ether oxygens (including phenoxy) is 2. The van der Waals surface area contributed by atoms with Crippen molar-refractivity contribution in [2.24, 2.45) is 12.8 Å². The van der Waals surface area contributed by atoms with E-state index in [1.807, 2.05) is 24.3 Å². The van der Waals surface area contributed by atoms with E-state index in [1.54, 1.807) is 7.11 Å². The third-order valence-electron chi connectivity index (χ3n) is 3.89. The summed E-state index contributed by atoms with van der Waals surface area (Å²) in [7, 11) is 3.71. The van der Waals surface area contributed by atoms with Gasteiger partial charge in [-0.25, -0.2) is 0 Å². The van der Waals surface area contributed by atoms with Crippen LogP contribution in [0, 0.1) is 0 Å². The van der Waals surface area contributed by atoms with Crippen molar-refractivity contribution in [2.45, 2.75) is 13.2 Å². The van der Waals surface area contributed by atoms with Crippen molar-refractivity contribution in [1.29, 1.82) is 0 Å². The second kappa shape index (κ2) is 6.12. The van der Waals surface area contributed by atoms with E-state index in [0.29, 0.717) is 13.2 Å². The van der Waals surface area contributed by atoms with E-state index < -0.39 is 0 Å². The van der Waals surface area contributed by atoms with Gasteiger partial charge in [-0.3, -0.25) is 0 Å². The lowest BCUT2D eigenvalue weighted by Crippen LogP contribution is -2.01. The molecule has 114 valence electrons. The molecule has 1 heterocycles. The van der Waals surface area contributed by atoms with Gasteiger partial charge in [-0.15, -0.1) is 0 Å². The fraction of sp³-hybridized carbons (Fsp3) is 0.222. The van der Waals surface area contributed by atoms with E-state index in [0.717, 1.165) is 22.8 Å². The zero-order valence-corrected chi connectivity index (χ0v) is 12.9. The van der Waals surface area contributed by atoms with E-state index in [2.05, 4.69) is 35.9 Å². The highest BCUT2D eigenvalue weighted by Crippen LogP contribution is 2.22. The monoisotopic (exact) mass is 296 g/mol. The highest BCUT2D eigenvalue weighted by Gasteiger charge is 2.07. The lowest BCUT2D eigenvalue weighted by molar-refractivity contribution is 0.297. The molecule has 0 aliphatic carbocycles. The van der Waals surface area contributed by atoms with Crippen LogP contribution in [0.2, 0.25) is 0 Å². The van der Waals surface area contributed by atoms with Crippen molar-refractivity contribution >= 4 is 10.9 Å².